The molecule has 0 saturated carbocycles. The van der Waals surface area contributed by atoms with E-state index in [1.807, 2.05) is 12.1 Å². The third kappa shape index (κ3) is 4.32. The molecule has 152 valence electrons. The van der Waals surface area contributed by atoms with Crippen LogP contribution in [0.5, 0.6) is 5.75 Å². The molecule has 10 heteroatoms. The Kier molecular flexibility index (Phi) is 6.32. The number of nitrogens with one attached hydrogen (secondary N) is 1. The van der Waals surface area contributed by atoms with Gasteiger partial charge in [-0.05, 0) is 61.0 Å². The fraction of sp³-hybridized carbons (Fsp3) is 0.316. The number of aryl methyl sites for hydroxylation is 1. The third-order valence-corrected chi connectivity index (χ3v) is 5.21. The van der Waals surface area contributed by atoms with Crippen LogP contribution in [0.15, 0.2) is 29.4 Å². The Morgan fingerprint density at radius 1 is 1.21 bits per heavy atom. The van der Waals surface area contributed by atoms with E-state index in [0.717, 1.165) is 11.4 Å². The van der Waals surface area contributed by atoms with Crippen LogP contribution < -0.4 is 4.74 Å². The van der Waals surface area contributed by atoms with Crippen LogP contribution >= 0.6 is 11.8 Å². The molecule has 0 spiro atoms. The minimum atomic E-state index is -0.469. The molecule has 0 aliphatic rings. The van der Waals surface area contributed by atoms with E-state index < -0.39 is 5.97 Å². The maximum absolute atomic E-state index is 12.8. The summed E-state index contributed by atoms with van der Waals surface area (Å²) in [5, 5.41) is 12.2. The van der Waals surface area contributed by atoms with E-state index in [0.29, 0.717) is 27.7 Å². The fourth-order valence-corrected chi connectivity index (χ4v) is 3.70. The average molecular weight is 415 g/mol. The van der Waals surface area contributed by atoms with Crippen molar-refractivity contribution in [3.05, 3.63) is 46.8 Å². The van der Waals surface area contributed by atoms with Gasteiger partial charge in [0.15, 0.2) is 5.78 Å². The summed E-state index contributed by atoms with van der Waals surface area (Å²) in [4.78, 5) is 27.8. The number of tetrazole rings is 1. The number of carbonyl (C=O) groups excluding carboxylic acids is 2. The summed E-state index contributed by atoms with van der Waals surface area (Å²) >= 11 is 1.22. The van der Waals surface area contributed by atoms with Gasteiger partial charge in [0.05, 0.1) is 25.2 Å². The molecule has 0 aliphatic heterocycles. The van der Waals surface area contributed by atoms with Crippen LogP contribution in [0.25, 0.3) is 5.69 Å². The number of ether oxygens (including phenoxy) is 2. The maximum Gasteiger partial charge on any atom is 0.355 e. The first-order valence-electron chi connectivity index (χ1n) is 8.91. The van der Waals surface area contributed by atoms with Crippen LogP contribution in [0, 0.1) is 13.8 Å². The zero-order valence-electron chi connectivity index (χ0n) is 16.6. The van der Waals surface area contributed by atoms with Crippen LogP contribution in [-0.4, -0.2) is 56.4 Å². The lowest BCUT2D eigenvalue weighted by atomic mass is 10.1. The van der Waals surface area contributed by atoms with Crippen molar-refractivity contribution in [3.63, 3.8) is 0 Å². The lowest BCUT2D eigenvalue weighted by molar-refractivity contribution is 0.0519. The van der Waals surface area contributed by atoms with Gasteiger partial charge in [0.2, 0.25) is 5.16 Å². The number of aromatic nitrogens is 5. The number of hydrogen-bond donors (Lipinski definition) is 1. The van der Waals surface area contributed by atoms with Gasteiger partial charge in [-0.1, -0.05) is 11.8 Å². The predicted molar refractivity (Wildman–Crippen MR) is 107 cm³/mol. The first-order valence-corrected chi connectivity index (χ1v) is 9.89. The Bertz CT molecular complexity index is 1030. The van der Waals surface area contributed by atoms with Gasteiger partial charge in [-0.3, -0.25) is 4.79 Å². The van der Waals surface area contributed by atoms with Crippen molar-refractivity contribution in [2.45, 2.75) is 25.9 Å². The van der Waals surface area contributed by atoms with E-state index in [2.05, 4.69) is 20.5 Å². The molecule has 3 aromatic rings. The summed E-state index contributed by atoms with van der Waals surface area (Å²) in [6.45, 7) is 5.49. The second-order valence-electron chi connectivity index (χ2n) is 6.13. The second-order valence-corrected chi connectivity index (χ2v) is 7.07. The number of rotatable bonds is 8. The largest absolute Gasteiger partial charge is 0.497 e. The van der Waals surface area contributed by atoms with Crippen molar-refractivity contribution in [1.82, 2.24) is 25.2 Å². The smallest absolute Gasteiger partial charge is 0.355 e. The molecule has 0 aliphatic carbocycles. The molecule has 0 fully saturated rings. The molecule has 0 radical (unpaired) electrons. The summed E-state index contributed by atoms with van der Waals surface area (Å²) in [5.41, 5.74) is 2.77. The van der Waals surface area contributed by atoms with Crippen molar-refractivity contribution in [2.75, 3.05) is 19.5 Å². The number of nitrogens with zero attached hydrogens (tertiary/aromatic N) is 4. The van der Waals surface area contributed by atoms with Crippen LogP contribution in [0.3, 0.4) is 0 Å². The Morgan fingerprint density at radius 3 is 2.59 bits per heavy atom. The SMILES string of the molecule is CCOC(=O)c1[nH]c(C)c(C(=O)CSc2nnnn2-c2ccc(OC)cc2)c1C. The maximum atomic E-state index is 12.8. The standard InChI is InChI=1S/C19H21N5O4S/c1-5-28-18(26)17-11(2)16(12(3)20-17)15(25)10-29-19-21-22-23-24(19)13-6-8-14(27-4)9-7-13/h6-9,20H,5,10H2,1-4H3. The van der Waals surface area contributed by atoms with E-state index in [1.165, 1.54) is 11.8 Å². The van der Waals surface area contributed by atoms with Gasteiger partial charge in [0.25, 0.3) is 0 Å². The Morgan fingerprint density at radius 2 is 1.93 bits per heavy atom. The van der Waals surface area contributed by atoms with Crippen LogP contribution in [0.1, 0.15) is 39.0 Å². The quantitative estimate of drug-likeness (QED) is 0.340. The monoisotopic (exact) mass is 415 g/mol. The van der Waals surface area contributed by atoms with E-state index in [-0.39, 0.29) is 18.1 Å². The number of Topliss-reactive ketones (excluding diaryl/α,β-unsaturated/α-hetero) is 1. The first-order chi connectivity index (χ1) is 14.0. The zero-order valence-corrected chi connectivity index (χ0v) is 17.4. The van der Waals surface area contributed by atoms with E-state index in [9.17, 15) is 9.59 Å². The lowest BCUT2D eigenvalue weighted by Crippen LogP contribution is -2.09. The van der Waals surface area contributed by atoms with E-state index in [1.54, 1.807) is 44.7 Å². The number of thioether (sulfide) groups is 1. The summed E-state index contributed by atoms with van der Waals surface area (Å²) in [5.74, 6) is 0.254. The number of carbonyl (C=O) groups is 2. The summed E-state index contributed by atoms with van der Waals surface area (Å²) in [6, 6.07) is 7.26. The van der Waals surface area contributed by atoms with Crippen LogP contribution in [0.2, 0.25) is 0 Å². The highest BCUT2D eigenvalue weighted by atomic mass is 32.2. The van der Waals surface area contributed by atoms with Gasteiger partial charge in [-0.2, -0.15) is 4.68 Å². The topological polar surface area (TPSA) is 112 Å². The van der Waals surface area contributed by atoms with Gasteiger partial charge in [0.1, 0.15) is 11.4 Å². The molecule has 3 rings (SSSR count). The molecule has 0 unspecified atom stereocenters. The van der Waals surface area contributed by atoms with Gasteiger partial charge in [-0.25, -0.2) is 4.79 Å². The van der Waals surface area contributed by atoms with Crippen molar-refractivity contribution in [2.24, 2.45) is 0 Å². The third-order valence-electron chi connectivity index (χ3n) is 4.29. The molecule has 29 heavy (non-hydrogen) atoms. The molecule has 2 aromatic heterocycles. The highest BCUT2D eigenvalue weighted by molar-refractivity contribution is 7.99. The molecule has 0 bridgehead atoms. The van der Waals surface area contributed by atoms with Crippen molar-refractivity contribution < 1.29 is 19.1 Å². The van der Waals surface area contributed by atoms with Crippen LogP contribution in [0.4, 0.5) is 0 Å². The van der Waals surface area contributed by atoms with Crippen LogP contribution in [-0.2, 0) is 4.74 Å². The molecular formula is C19H21N5O4S. The van der Waals surface area contributed by atoms with Crippen molar-refractivity contribution >= 4 is 23.5 Å². The first kappa shape index (κ1) is 20.6. The number of hydrogen-bond acceptors (Lipinski definition) is 8. The van der Waals surface area contributed by atoms with Gasteiger partial charge in [0, 0.05) is 11.3 Å². The normalized spacial score (nSPS) is 10.8. The Balaban J connectivity index is 1.75. The number of ketones is 1. The van der Waals surface area contributed by atoms with Gasteiger partial charge in [-0.15, -0.1) is 5.10 Å². The average Bonchev–Trinajstić information content (AvgIpc) is 3.30. The molecule has 1 N–H and O–H groups in total. The van der Waals surface area contributed by atoms with E-state index >= 15 is 0 Å². The zero-order chi connectivity index (χ0) is 21.0. The summed E-state index contributed by atoms with van der Waals surface area (Å²) < 4.78 is 11.7. The lowest BCUT2D eigenvalue weighted by Gasteiger charge is -2.06. The number of H-pyrrole nitrogens is 1. The molecule has 9 nitrogen and oxygen atoms in total. The minimum absolute atomic E-state index is 0.123. The summed E-state index contributed by atoms with van der Waals surface area (Å²) in [6.07, 6.45) is 0. The molecular weight excluding hydrogens is 394 g/mol. The number of esters is 1. The Hall–Kier alpha value is -3.14. The number of aromatic amines is 1. The Labute approximate surface area is 171 Å². The summed E-state index contributed by atoms with van der Waals surface area (Å²) in [7, 11) is 1.59. The van der Waals surface area contributed by atoms with E-state index in [4.69, 9.17) is 9.47 Å². The van der Waals surface area contributed by atoms with Gasteiger partial charge < -0.3 is 14.5 Å². The highest BCUT2D eigenvalue weighted by Crippen LogP contribution is 2.24. The van der Waals surface area contributed by atoms with Gasteiger partial charge >= 0.3 is 5.97 Å². The molecule has 0 atom stereocenters. The molecule has 1 aromatic carbocycles. The highest BCUT2D eigenvalue weighted by Gasteiger charge is 2.23. The van der Waals surface area contributed by atoms with Crippen molar-refractivity contribution in [3.8, 4) is 11.4 Å². The predicted octanol–water partition coefficient (Wildman–Crippen LogP) is 2.77. The molecule has 0 saturated heterocycles. The number of benzene rings is 1. The molecule has 0 amide bonds. The number of methoxy groups -OCH3 is 1. The minimum Gasteiger partial charge on any atom is -0.497 e. The fourth-order valence-electron chi connectivity index (χ4n) is 2.93. The molecule has 2 heterocycles. The van der Waals surface area contributed by atoms with Crippen molar-refractivity contribution in [1.29, 1.82) is 0 Å². The second kappa shape index (κ2) is 8.91.